The number of sulfone groups is 1. The van der Waals surface area contributed by atoms with E-state index in [1.54, 1.807) is 0 Å². The summed E-state index contributed by atoms with van der Waals surface area (Å²) in [4.78, 5) is 23.4. The summed E-state index contributed by atoms with van der Waals surface area (Å²) in [5, 5.41) is 9.02. The fourth-order valence-corrected chi connectivity index (χ4v) is 5.17. The van der Waals surface area contributed by atoms with Gasteiger partial charge in [0.2, 0.25) is 0 Å². The average Bonchev–Trinajstić information content (AvgIpc) is 3.64. The molecule has 19 heteroatoms. The number of benzene rings is 3. The molecule has 0 aliphatic carbocycles. The van der Waals surface area contributed by atoms with E-state index in [-0.39, 0.29) is 22.0 Å². The summed E-state index contributed by atoms with van der Waals surface area (Å²) < 4.78 is 104. The molecule has 0 bridgehead atoms. The topological polar surface area (TPSA) is 116 Å². The lowest BCUT2D eigenvalue weighted by Crippen LogP contribution is -2.20. The minimum absolute atomic E-state index is 0.0327. The number of nitrogens with zero attached hydrogens (tertiary/aromatic N) is 4. The summed E-state index contributed by atoms with van der Waals surface area (Å²) in [5.74, 6) is -1.08. The normalized spacial score (nSPS) is 11.9. The summed E-state index contributed by atoms with van der Waals surface area (Å²) in [6, 6.07) is 16.2. The maximum atomic E-state index is 13.7. The van der Waals surface area contributed by atoms with Gasteiger partial charge in [-0.2, -0.15) is 36.5 Å². The monoisotopic (exact) mass is 751 g/mol. The molecule has 0 aliphatic rings. The zero-order valence-corrected chi connectivity index (χ0v) is 26.9. The van der Waals surface area contributed by atoms with Gasteiger partial charge in [0.1, 0.15) is 0 Å². The van der Waals surface area contributed by atoms with Crippen molar-refractivity contribution in [2.45, 2.75) is 17.2 Å². The lowest BCUT2D eigenvalue weighted by molar-refractivity contribution is -0.143. The molecule has 1 N–H and O–H groups in total. The number of nitrogens with one attached hydrogen (secondary N) is 1. The maximum absolute atomic E-state index is 13.7. The number of carbonyl (C=O) groups is 2. The number of alkyl halides is 6. The van der Waals surface area contributed by atoms with Gasteiger partial charge in [0.05, 0.1) is 39.8 Å². The molecule has 48 heavy (non-hydrogen) atoms. The van der Waals surface area contributed by atoms with E-state index in [0.29, 0.717) is 19.4 Å². The highest BCUT2D eigenvalue weighted by Gasteiger charge is 2.41. The number of carbonyl (C=O) groups excluding carboxylic acids is 2. The molecule has 0 atom stereocenters. The Morgan fingerprint density at radius 3 is 1.58 bits per heavy atom. The third kappa shape index (κ3) is 8.55. The van der Waals surface area contributed by atoms with Crippen LogP contribution >= 0.6 is 34.8 Å². The van der Waals surface area contributed by atoms with E-state index in [1.165, 1.54) is 66.7 Å². The first-order chi connectivity index (χ1) is 22.3. The number of hydrogen-bond acceptors (Lipinski definition) is 6. The van der Waals surface area contributed by atoms with Gasteiger partial charge < -0.3 is 5.32 Å². The molecule has 2 aromatic heterocycles. The van der Waals surface area contributed by atoms with Gasteiger partial charge in [0.25, 0.3) is 11.1 Å². The number of amides is 1. The second-order valence-corrected chi connectivity index (χ2v) is 12.8. The van der Waals surface area contributed by atoms with E-state index in [9.17, 15) is 44.3 Å². The third-order valence-corrected chi connectivity index (χ3v) is 8.01. The van der Waals surface area contributed by atoms with Crippen LogP contribution in [-0.4, -0.2) is 45.4 Å². The Balaban J connectivity index is 0.000000237. The Labute approximate surface area is 282 Å². The number of halogens is 9. The SMILES string of the molecule is CS(=O)(=O)c1cccc(NC(=O)c2cnn(-c3ccc(Cl)cc3)c2C(F)(F)F)c1.O=C(Cl)c1cnn(-c2ccc(Cl)cc2)c1C(F)(F)F. The zero-order chi connectivity index (χ0) is 35.6. The summed E-state index contributed by atoms with van der Waals surface area (Å²) in [6.07, 6.45) is -7.07. The van der Waals surface area contributed by atoms with Crippen molar-refractivity contribution in [3.63, 3.8) is 0 Å². The van der Waals surface area contributed by atoms with Crippen LogP contribution in [0.25, 0.3) is 11.4 Å². The Bertz CT molecular complexity index is 2080. The Morgan fingerprint density at radius 2 is 1.17 bits per heavy atom. The van der Waals surface area contributed by atoms with Crippen molar-refractivity contribution in [2.75, 3.05) is 11.6 Å². The molecule has 5 aromatic rings. The number of rotatable bonds is 6. The molecule has 5 rings (SSSR count). The van der Waals surface area contributed by atoms with Crippen LogP contribution in [0, 0.1) is 0 Å². The molecule has 1 amide bonds. The van der Waals surface area contributed by atoms with E-state index in [0.717, 1.165) is 24.7 Å². The first-order valence-corrected chi connectivity index (χ1v) is 15.9. The van der Waals surface area contributed by atoms with Crippen LogP contribution in [0.5, 0.6) is 0 Å². The minimum Gasteiger partial charge on any atom is -0.322 e. The quantitative estimate of drug-likeness (QED) is 0.138. The van der Waals surface area contributed by atoms with Crippen LogP contribution in [0.2, 0.25) is 10.0 Å². The van der Waals surface area contributed by atoms with Gasteiger partial charge in [-0.05, 0) is 78.3 Å². The van der Waals surface area contributed by atoms with Crippen LogP contribution in [0.3, 0.4) is 0 Å². The molecule has 0 saturated heterocycles. The molecular weight excluding hydrogens is 735 g/mol. The van der Waals surface area contributed by atoms with Gasteiger partial charge in [0.15, 0.2) is 21.2 Å². The van der Waals surface area contributed by atoms with E-state index in [2.05, 4.69) is 15.5 Å². The summed E-state index contributed by atoms with van der Waals surface area (Å²) in [5.41, 5.74) is -3.65. The predicted octanol–water partition coefficient (Wildman–Crippen LogP) is 8.12. The van der Waals surface area contributed by atoms with E-state index in [1.807, 2.05) is 0 Å². The highest BCUT2D eigenvalue weighted by atomic mass is 35.5. The van der Waals surface area contributed by atoms with E-state index in [4.69, 9.17) is 34.8 Å². The smallest absolute Gasteiger partial charge is 0.322 e. The fourth-order valence-electron chi connectivity index (χ4n) is 4.11. The highest BCUT2D eigenvalue weighted by Crippen LogP contribution is 2.35. The van der Waals surface area contributed by atoms with Crippen LogP contribution in [-0.2, 0) is 22.2 Å². The first kappa shape index (κ1) is 36.5. The Kier molecular flexibility index (Phi) is 10.6. The number of hydrogen-bond donors (Lipinski definition) is 1. The van der Waals surface area contributed by atoms with Crippen LogP contribution < -0.4 is 5.32 Å². The van der Waals surface area contributed by atoms with Gasteiger partial charge in [-0.1, -0.05) is 29.3 Å². The van der Waals surface area contributed by atoms with Gasteiger partial charge in [0, 0.05) is 22.0 Å². The van der Waals surface area contributed by atoms with Crippen molar-refractivity contribution >= 4 is 61.5 Å². The van der Waals surface area contributed by atoms with Crippen LogP contribution in [0.1, 0.15) is 32.1 Å². The largest absolute Gasteiger partial charge is 0.434 e. The molecule has 0 unspecified atom stereocenters. The molecule has 0 aliphatic heterocycles. The lowest BCUT2D eigenvalue weighted by Gasteiger charge is -2.13. The Morgan fingerprint density at radius 1 is 0.729 bits per heavy atom. The van der Waals surface area contributed by atoms with Crippen molar-refractivity contribution < 1.29 is 44.3 Å². The van der Waals surface area contributed by atoms with Gasteiger partial charge in [-0.3, -0.25) is 9.59 Å². The van der Waals surface area contributed by atoms with Crippen molar-refractivity contribution in [1.82, 2.24) is 19.6 Å². The fraction of sp³-hybridized carbons (Fsp3) is 0.103. The molecule has 252 valence electrons. The molecule has 9 nitrogen and oxygen atoms in total. The predicted molar refractivity (Wildman–Crippen MR) is 165 cm³/mol. The van der Waals surface area contributed by atoms with Crippen molar-refractivity contribution in [1.29, 1.82) is 0 Å². The lowest BCUT2D eigenvalue weighted by atomic mass is 10.2. The van der Waals surface area contributed by atoms with Gasteiger partial charge >= 0.3 is 12.4 Å². The highest BCUT2D eigenvalue weighted by molar-refractivity contribution is 7.90. The third-order valence-electron chi connectivity index (χ3n) is 6.19. The number of anilines is 1. The standard InChI is InChI=1S/C18H13ClF3N3O3S.C11H5Cl2F3N2O/c1-29(27,28)14-4-2-3-12(9-14)24-17(26)15-10-23-25(16(15)18(20,21)22)13-7-5-11(19)6-8-13;12-6-1-3-7(4-2-6)18-9(11(14,15)16)8(5-17-18)10(13)19/h2-10H,1H3,(H,24,26);1-5H. The first-order valence-electron chi connectivity index (χ1n) is 12.9. The minimum atomic E-state index is -4.88. The van der Waals surface area contributed by atoms with Gasteiger partial charge in [-0.15, -0.1) is 0 Å². The molecule has 0 spiro atoms. The molecular formula is C29H18Cl3F6N5O4S. The van der Waals surface area contributed by atoms with Crippen LogP contribution in [0.15, 0.2) is 90.1 Å². The second-order valence-electron chi connectivity index (χ2n) is 9.61. The summed E-state index contributed by atoms with van der Waals surface area (Å²) >= 11 is 16.5. The van der Waals surface area contributed by atoms with E-state index >= 15 is 0 Å². The summed E-state index contributed by atoms with van der Waals surface area (Å²) in [6.45, 7) is 0. The molecule has 0 fully saturated rings. The summed E-state index contributed by atoms with van der Waals surface area (Å²) in [7, 11) is -3.55. The van der Waals surface area contributed by atoms with Crippen molar-refractivity contribution in [2.24, 2.45) is 0 Å². The van der Waals surface area contributed by atoms with Crippen molar-refractivity contribution in [3.05, 3.63) is 118 Å². The van der Waals surface area contributed by atoms with Crippen molar-refractivity contribution in [3.8, 4) is 11.4 Å². The molecule has 0 radical (unpaired) electrons. The second kappa shape index (κ2) is 14.0. The molecule has 0 saturated carbocycles. The van der Waals surface area contributed by atoms with Crippen LogP contribution in [0.4, 0.5) is 32.0 Å². The average molecular weight is 753 g/mol. The zero-order valence-electron chi connectivity index (χ0n) is 23.8. The Hall–Kier alpha value is -4.38. The van der Waals surface area contributed by atoms with Gasteiger partial charge in [-0.25, -0.2) is 17.8 Å². The molecule has 3 aromatic carbocycles. The number of aromatic nitrogens is 4. The van der Waals surface area contributed by atoms with E-state index < -0.39 is 55.9 Å². The molecule has 2 heterocycles. The maximum Gasteiger partial charge on any atom is 0.434 e.